The number of nitrogens with zero attached hydrogens (tertiary/aromatic N) is 2. The van der Waals surface area contributed by atoms with Gasteiger partial charge in [0, 0.05) is 24.5 Å². The van der Waals surface area contributed by atoms with Gasteiger partial charge in [-0.1, -0.05) is 6.08 Å². The summed E-state index contributed by atoms with van der Waals surface area (Å²) in [5.74, 6) is 0.450. The zero-order chi connectivity index (χ0) is 16.3. The van der Waals surface area contributed by atoms with Crippen LogP contribution >= 0.6 is 0 Å². The highest BCUT2D eigenvalue weighted by molar-refractivity contribution is 7.91. The van der Waals surface area contributed by atoms with Gasteiger partial charge in [-0.25, -0.2) is 8.42 Å². The Kier molecular flexibility index (Phi) is 5.66. The Bertz CT molecular complexity index is 507. The predicted molar refractivity (Wildman–Crippen MR) is 88.4 cm³/mol. The Labute approximate surface area is 134 Å². The Morgan fingerprint density at radius 3 is 2.41 bits per heavy atom. The number of hydrogen-bond acceptors (Lipinski definition) is 4. The normalized spacial score (nSPS) is 26.2. The van der Waals surface area contributed by atoms with Crippen molar-refractivity contribution in [2.24, 2.45) is 5.92 Å². The quantitative estimate of drug-likeness (QED) is 0.714. The molecule has 0 aromatic rings. The van der Waals surface area contributed by atoms with Gasteiger partial charge in [0.05, 0.1) is 11.5 Å². The van der Waals surface area contributed by atoms with Crippen LogP contribution in [0.25, 0.3) is 0 Å². The van der Waals surface area contributed by atoms with E-state index in [1.54, 1.807) is 11.0 Å². The van der Waals surface area contributed by atoms with Gasteiger partial charge in [0.25, 0.3) is 0 Å². The van der Waals surface area contributed by atoms with E-state index in [9.17, 15) is 13.2 Å². The lowest BCUT2D eigenvalue weighted by molar-refractivity contribution is -0.138. The largest absolute Gasteiger partial charge is 0.335 e. The summed E-state index contributed by atoms with van der Waals surface area (Å²) < 4.78 is 23.4. The molecule has 2 aliphatic heterocycles. The summed E-state index contributed by atoms with van der Waals surface area (Å²) in [5, 5.41) is 0. The van der Waals surface area contributed by atoms with E-state index in [-0.39, 0.29) is 29.4 Å². The molecule has 2 heterocycles. The maximum absolute atomic E-state index is 12.8. The number of amides is 1. The molecule has 0 bridgehead atoms. The molecular weight excluding hydrogens is 300 g/mol. The minimum absolute atomic E-state index is 0.0262. The van der Waals surface area contributed by atoms with Crippen LogP contribution in [0.4, 0.5) is 0 Å². The van der Waals surface area contributed by atoms with E-state index >= 15 is 0 Å². The van der Waals surface area contributed by atoms with Crippen molar-refractivity contribution < 1.29 is 13.2 Å². The zero-order valence-corrected chi connectivity index (χ0v) is 14.5. The average Bonchev–Trinajstić information content (AvgIpc) is 2.84. The number of carbonyl (C=O) groups is 1. The van der Waals surface area contributed by atoms with Crippen molar-refractivity contribution in [1.82, 2.24) is 9.80 Å². The van der Waals surface area contributed by atoms with Gasteiger partial charge >= 0.3 is 0 Å². The fourth-order valence-corrected chi connectivity index (χ4v) is 5.21. The Balaban J connectivity index is 2.00. The molecule has 0 spiro atoms. The second-order valence-corrected chi connectivity index (χ2v) is 8.97. The molecule has 2 saturated heterocycles. The minimum Gasteiger partial charge on any atom is -0.335 e. The molecule has 2 rings (SSSR count). The van der Waals surface area contributed by atoms with Gasteiger partial charge in [0.15, 0.2) is 9.84 Å². The summed E-state index contributed by atoms with van der Waals surface area (Å²) in [6.07, 6.45) is 3.99. The molecule has 1 atom stereocenters. The molecule has 22 heavy (non-hydrogen) atoms. The lowest BCUT2D eigenvalue weighted by atomic mass is 9.93. The van der Waals surface area contributed by atoms with Crippen LogP contribution in [-0.2, 0) is 14.6 Å². The van der Waals surface area contributed by atoms with Crippen LogP contribution < -0.4 is 0 Å². The van der Waals surface area contributed by atoms with Gasteiger partial charge in [-0.3, -0.25) is 4.79 Å². The van der Waals surface area contributed by atoms with Gasteiger partial charge in [0.2, 0.25) is 5.91 Å². The van der Waals surface area contributed by atoms with E-state index in [0.29, 0.717) is 19.0 Å². The Morgan fingerprint density at radius 1 is 1.32 bits per heavy atom. The Hall–Kier alpha value is -0.880. The van der Waals surface area contributed by atoms with E-state index in [2.05, 4.69) is 25.3 Å². The summed E-state index contributed by atoms with van der Waals surface area (Å²) in [4.78, 5) is 17.0. The number of hydrogen-bond donors (Lipinski definition) is 0. The molecule has 1 unspecified atom stereocenters. The summed E-state index contributed by atoms with van der Waals surface area (Å²) in [5.41, 5.74) is 0. The van der Waals surface area contributed by atoms with Crippen LogP contribution in [0.3, 0.4) is 0 Å². The molecular formula is C16H28N2O3S. The first-order chi connectivity index (χ1) is 10.3. The molecule has 1 amide bonds. The fraction of sp³-hybridized carbons (Fsp3) is 0.812. The lowest BCUT2D eigenvalue weighted by Crippen LogP contribution is -2.48. The molecule has 0 N–H and O–H groups in total. The Morgan fingerprint density at radius 2 is 1.95 bits per heavy atom. The number of likely N-dealkylation sites (tertiary alicyclic amines) is 1. The van der Waals surface area contributed by atoms with E-state index in [1.165, 1.54) is 0 Å². The second-order valence-electron chi connectivity index (χ2n) is 6.74. The first-order valence-corrected chi connectivity index (χ1v) is 10.0. The minimum atomic E-state index is -2.98. The monoisotopic (exact) mass is 328 g/mol. The highest BCUT2D eigenvalue weighted by Crippen LogP contribution is 2.25. The maximum Gasteiger partial charge on any atom is 0.226 e. The highest BCUT2D eigenvalue weighted by atomic mass is 32.2. The molecule has 126 valence electrons. The van der Waals surface area contributed by atoms with Crippen molar-refractivity contribution in [3.05, 3.63) is 12.7 Å². The zero-order valence-electron chi connectivity index (χ0n) is 13.7. The van der Waals surface area contributed by atoms with Crippen molar-refractivity contribution >= 4 is 15.7 Å². The first kappa shape index (κ1) is 17.5. The van der Waals surface area contributed by atoms with Crippen molar-refractivity contribution in [2.75, 3.05) is 31.1 Å². The number of rotatable bonds is 5. The smallest absolute Gasteiger partial charge is 0.226 e. The third-order valence-electron chi connectivity index (χ3n) is 4.87. The molecule has 6 heteroatoms. The summed E-state index contributed by atoms with van der Waals surface area (Å²) in [7, 11) is -2.98. The third kappa shape index (κ3) is 4.10. The van der Waals surface area contributed by atoms with Gasteiger partial charge in [-0.15, -0.1) is 6.58 Å². The summed E-state index contributed by atoms with van der Waals surface area (Å²) in [6.45, 7) is 10.4. The fourth-order valence-electron chi connectivity index (χ4n) is 3.48. The van der Waals surface area contributed by atoms with Gasteiger partial charge < -0.3 is 9.80 Å². The summed E-state index contributed by atoms with van der Waals surface area (Å²) in [6, 6.07) is 0.346. The second kappa shape index (κ2) is 7.13. The van der Waals surface area contributed by atoms with Crippen LogP contribution in [0.5, 0.6) is 0 Å². The topological polar surface area (TPSA) is 57.7 Å². The molecule has 0 aromatic heterocycles. The average molecular weight is 328 g/mol. The predicted octanol–water partition coefficient (Wildman–Crippen LogP) is 1.31. The third-order valence-corrected chi connectivity index (χ3v) is 6.62. The maximum atomic E-state index is 12.8. The van der Waals surface area contributed by atoms with Crippen LogP contribution in [0.15, 0.2) is 12.7 Å². The molecule has 5 nitrogen and oxygen atoms in total. The van der Waals surface area contributed by atoms with E-state index in [0.717, 1.165) is 25.9 Å². The SMILES string of the molecule is C=CCN(C(=O)C1CCN(C(C)C)CC1)C1CCS(=O)(=O)C1. The first-order valence-electron chi connectivity index (χ1n) is 8.20. The van der Waals surface area contributed by atoms with Gasteiger partial charge in [-0.05, 0) is 46.2 Å². The van der Waals surface area contributed by atoms with Gasteiger partial charge in [0.1, 0.15) is 0 Å². The highest BCUT2D eigenvalue weighted by Gasteiger charge is 2.37. The summed E-state index contributed by atoms with van der Waals surface area (Å²) >= 11 is 0. The molecule has 0 aromatic carbocycles. The standard InChI is InChI=1S/C16H28N2O3S/c1-4-8-18(15-7-11-22(20,21)12-15)16(19)14-5-9-17(10-6-14)13(2)3/h4,13-15H,1,5-12H2,2-3H3. The van der Waals surface area contributed by atoms with Crippen molar-refractivity contribution in [3.63, 3.8) is 0 Å². The molecule has 0 saturated carbocycles. The number of piperidine rings is 1. The van der Waals surface area contributed by atoms with E-state index in [4.69, 9.17) is 0 Å². The molecule has 0 aliphatic carbocycles. The van der Waals surface area contributed by atoms with Crippen LogP contribution in [0.2, 0.25) is 0 Å². The number of carbonyl (C=O) groups excluding carboxylic acids is 1. The van der Waals surface area contributed by atoms with Crippen molar-refractivity contribution in [3.8, 4) is 0 Å². The van der Waals surface area contributed by atoms with Crippen LogP contribution in [-0.4, -0.2) is 67.3 Å². The van der Waals surface area contributed by atoms with Crippen molar-refractivity contribution in [2.45, 2.75) is 45.2 Å². The van der Waals surface area contributed by atoms with Crippen LogP contribution in [0, 0.1) is 5.92 Å². The molecule has 0 radical (unpaired) electrons. The molecule has 2 fully saturated rings. The van der Waals surface area contributed by atoms with Gasteiger partial charge in [-0.2, -0.15) is 0 Å². The molecule has 2 aliphatic rings. The van der Waals surface area contributed by atoms with E-state index < -0.39 is 9.84 Å². The van der Waals surface area contributed by atoms with E-state index in [1.807, 2.05) is 0 Å². The van der Waals surface area contributed by atoms with Crippen molar-refractivity contribution in [1.29, 1.82) is 0 Å². The number of sulfone groups is 1. The lowest BCUT2D eigenvalue weighted by Gasteiger charge is -2.37. The van der Waals surface area contributed by atoms with Crippen LogP contribution in [0.1, 0.15) is 33.1 Å².